The number of sulfonamides is 1. The topological polar surface area (TPSA) is 46.6 Å². The summed E-state index contributed by atoms with van der Waals surface area (Å²) < 4.78 is 30.1. The summed E-state index contributed by atoms with van der Waals surface area (Å²) in [5, 5.41) is 0. The van der Waals surface area contributed by atoms with E-state index in [-0.39, 0.29) is 11.7 Å². The van der Waals surface area contributed by atoms with Gasteiger partial charge in [-0.25, -0.2) is 8.42 Å². The Hall–Kier alpha value is -0.390. The molecule has 3 heterocycles. The zero-order valence-electron chi connectivity index (χ0n) is 8.01. The van der Waals surface area contributed by atoms with Crippen molar-refractivity contribution in [1.82, 2.24) is 4.31 Å². The second-order valence-electron chi connectivity index (χ2n) is 4.46. The van der Waals surface area contributed by atoms with Crippen molar-refractivity contribution in [3.63, 3.8) is 0 Å². The van der Waals surface area contributed by atoms with Crippen LogP contribution in [0.5, 0.6) is 0 Å². The van der Waals surface area contributed by atoms with Gasteiger partial charge in [-0.3, -0.25) is 0 Å². The van der Waals surface area contributed by atoms with E-state index in [1.165, 1.54) is 10.6 Å². The molecule has 3 aliphatic rings. The van der Waals surface area contributed by atoms with Crippen LogP contribution in [-0.4, -0.2) is 43.8 Å². The monoisotopic (exact) mass is 215 g/mol. The van der Waals surface area contributed by atoms with Crippen molar-refractivity contribution >= 4 is 10.0 Å². The third kappa shape index (κ3) is 1.03. The van der Waals surface area contributed by atoms with E-state index in [1.807, 2.05) is 0 Å². The van der Waals surface area contributed by atoms with E-state index in [0.29, 0.717) is 19.0 Å². The molecule has 0 aromatic rings. The Morgan fingerprint density at radius 2 is 2.36 bits per heavy atom. The number of nitrogens with zero attached hydrogens (tertiary/aromatic N) is 1. The van der Waals surface area contributed by atoms with Gasteiger partial charge in [-0.15, -0.1) is 0 Å². The van der Waals surface area contributed by atoms with Gasteiger partial charge in [-0.2, -0.15) is 4.31 Å². The highest BCUT2D eigenvalue weighted by atomic mass is 32.2. The molecule has 0 saturated carbocycles. The molecule has 0 aromatic carbocycles. The average molecular weight is 215 g/mol. The molecule has 0 amide bonds. The highest BCUT2D eigenvalue weighted by Gasteiger charge is 2.56. The lowest BCUT2D eigenvalue weighted by molar-refractivity contribution is 0.0291. The third-order valence-corrected chi connectivity index (χ3v) is 4.70. The molecular formula is C9H13NO3S. The van der Waals surface area contributed by atoms with Crippen LogP contribution in [-0.2, 0) is 14.8 Å². The van der Waals surface area contributed by atoms with Crippen LogP contribution in [0.25, 0.3) is 0 Å². The Bertz CT molecular complexity index is 402. The maximum Gasteiger partial charge on any atom is 0.211 e. The first-order chi connectivity index (χ1) is 6.50. The molecule has 2 bridgehead atoms. The van der Waals surface area contributed by atoms with Crippen LogP contribution in [0.1, 0.15) is 6.42 Å². The van der Waals surface area contributed by atoms with Crippen LogP contribution in [0, 0.1) is 5.92 Å². The van der Waals surface area contributed by atoms with Gasteiger partial charge in [-0.05, 0) is 6.42 Å². The summed E-state index contributed by atoms with van der Waals surface area (Å²) in [6, 6.07) is 0. The molecule has 0 aromatic heterocycles. The summed E-state index contributed by atoms with van der Waals surface area (Å²) in [5.41, 5.74) is -0.284. The predicted molar refractivity (Wildman–Crippen MR) is 51.3 cm³/mol. The second-order valence-corrected chi connectivity index (χ2v) is 6.44. The van der Waals surface area contributed by atoms with Gasteiger partial charge in [0, 0.05) is 19.0 Å². The summed E-state index contributed by atoms with van der Waals surface area (Å²) in [7, 11) is -3.05. The summed E-state index contributed by atoms with van der Waals surface area (Å²) in [6.07, 6.45) is 6.59. The number of rotatable bonds is 1. The van der Waals surface area contributed by atoms with Crippen LogP contribution in [0.15, 0.2) is 12.2 Å². The summed E-state index contributed by atoms with van der Waals surface area (Å²) in [5.74, 6) is 0.368. The minimum Gasteiger partial charge on any atom is -0.362 e. The molecule has 4 nitrogen and oxygen atoms in total. The van der Waals surface area contributed by atoms with Crippen LogP contribution in [0.4, 0.5) is 0 Å². The van der Waals surface area contributed by atoms with E-state index in [4.69, 9.17) is 4.74 Å². The predicted octanol–water partition coefficient (Wildman–Crippen LogP) is -0.0247. The highest BCUT2D eigenvalue weighted by molar-refractivity contribution is 7.88. The fraction of sp³-hybridized carbons (Fsp3) is 0.778. The SMILES string of the molecule is CS(=O)(=O)N1C[C@H]2C[C@@H]3C=C[C@@]2(C1)O3. The van der Waals surface area contributed by atoms with Crippen molar-refractivity contribution in [2.45, 2.75) is 18.1 Å². The maximum atomic E-state index is 11.4. The first-order valence-electron chi connectivity index (χ1n) is 4.82. The van der Waals surface area contributed by atoms with Crippen molar-refractivity contribution in [2.75, 3.05) is 19.3 Å². The van der Waals surface area contributed by atoms with Crippen molar-refractivity contribution in [3.05, 3.63) is 12.2 Å². The quantitative estimate of drug-likeness (QED) is 0.577. The van der Waals surface area contributed by atoms with E-state index in [1.54, 1.807) is 0 Å². The Labute approximate surface area is 83.6 Å². The molecule has 3 rings (SSSR count). The van der Waals surface area contributed by atoms with Gasteiger partial charge in [0.25, 0.3) is 0 Å². The first-order valence-corrected chi connectivity index (χ1v) is 6.67. The number of hydrogen-bond donors (Lipinski definition) is 0. The molecule has 3 aliphatic heterocycles. The smallest absolute Gasteiger partial charge is 0.211 e. The molecule has 0 unspecified atom stereocenters. The minimum atomic E-state index is -3.05. The van der Waals surface area contributed by atoms with Gasteiger partial charge in [0.05, 0.1) is 12.4 Å². The third-order valence-electron chi connectivity index (χ3n) is 3.49. The summed E-state index contributed by atoms with van der Waals surface area (Å²) >= 11 is 0. The van der Waals surface area contributed by atoms with Crippen molar-refractivity contribution in [1.29, 1.82) is 0 Å². The molecular weight excluding hydrogens is 202 g/mol. The minimum absolute atomic E-state index is 0.238. The molecule has 3 atom stereocenters. The zero-order valence-corrected chi connectivity index (χ0v) is 8.83. The molecule has 0 aliphatic carbocycles. The fourth-order valence-electron chi connectivity index (χ4n) is 2.76. The molecule has 14 heavy (non-hydrogen) atoms. The van der Waals surface area contributed by atoms with Crippen LogP contribution >= 0.6 is 0 Å². The Kier molecular flexibility index (Phi) is 1.52. The van der Waals surface area contributed by atoms with Gasteiger partial charge in [0.15, 0.2) is 0 Å². The Morgan fingerprint density at radius 3 is 2.93 bits per heavy atom. The average Bonchev–Trinajstić information content (AvgIpc) is 2.64. The number of ether oxygens (including phenoxy) is 1. The Balaban J connectivity index is 1.93. The molecule has 5 heteroatoms. The largest absolute Gasteiger partial charge is 0.362 e. The standard InChI is InChI=1S/C9H13NO3S/c1-14(11,12)10-5-7-4-8-2-3-9(7,6-10)13-8/h2-3,7-8H,4-6H2,1H3/t7-,8+,9+/m1/s1. The number of hydrogen-bond acceptors (Lipinski definition) is 3. The highest BCUT2D eigenvalue weighted by Crippen LogP contribution is 2.47. The molecule has 78 valence electrons. The molecule has 1 spiro atoms. The summed E-state index contributed by atoms with van der Waals surface area (Å²) in [4.78, 5) is 0. The van der Waals surface area contributed by atoms with Crippen LogP contribution < -0.4 is 0 Å². The van der Waals surface area contributed by atoms with E-state index in [9.17, 15) is 8.42 Å². The van der Waals surface area contributed by atoms with Gasteiger partial charge < -0.3 is 4.74 Å². The lowest BCUT2D eigenvalue weighted by Crippen LogP contribution is -2.35. The second kappa shape index (κ2) is 2.40. The normalized spacial score (nSPS) is 46.1. The van der Waals surface area contributed by atoms with Gasteiger partial charge in [0.2, 0.25) is 10.0 Å². The fourth-order valence-corrected chi connectivity index (χ4v) is 3.64. The van der Waals surface area contributed by atoms with E-state index >= 15 is 0 Å². The Morgan fingerprint density at radius 1 is 1.57 bits per heavy atom. The molecule has 2 fully saturated rings. The molecule has 2 saturated heterocycles. The lowest BCUT2D eigenvalue weighted by atomic mass is 9.86. The van der Waals surface area contributed by atoms with Crippen molar-refractivity contribution in [2.24, 2.45) is 5.92 Å². The van der Waals surface area contributed by atoms with Crippen LogP contribution in [0.2, 0.25) is 0 Å². The van der Waals surface area contributed by atoms with Gasteiger partial charge in [0.1, 0.15) is 5.60 Å². The first kappa shape index (κ1) is 8.88. The summed E-state index contributed by atoms with van der Waals surface area (Å²) in [6.45, 7) is 1.13. The maximum absolute atomic E-state index is 11.4. The van der Waals surface area contributed by atoms with Crippen LogP contribution in [0.3, 0.4) is 0 Å². The van der Waals surface area contributed by atoms with Crippen molar-refractivity contribution in [3.8, 4) is 0 Å². The lowest BCUT2D eigenvalue weighted by Gasteiger charge is -2.21. The van der Waals surface area contributed by atoms with E-state index in [0.717, 1.165) is 6.42 Å². The molecule has 0 radical (unpaired) electrons. The van der Waals surface area contributed by atoms with Gasteiger partial charge >= 0.3 is 0 Å². The van der Waals surface area contributed by atoms with Gasteiger partial charge in [-0.1, -0.05) is 12.2 Å². The van der Waals surface area contributed by atoms with Crippen molar-refractivity contribution < 1.29 is 13.2 Å². The number of fused-ring (bicyclic) bond motifs is 1. The zero-order chi connectivity index (χ0) is 9.97. The van der Waals surface area contributed by atoms with E-state index < -0.39 is 10.0 Å². The molecule has 0 N–H and O–H groups in total. The van der Waals surface area contributed by atoms with E-state index in [2.05, 4.69) is 12.2 Å².